The molecule has 4 nitrogen and oxygen atoms in total. The van der Waals surface area contributed by atoms with Gasteiger partial charge in [0.2, 0.25) is 0 Å². The second kappa shape index (κ2) is 7.57. The predicted octanol–water partition coefficient (Wildman–Crippen LogP) is 5.27. The fourth-order valence-electron chi connectivity index (χ4n) is 3.51. The Kier molecular flexibility index (Phi) is 4.95. The fraction of sp³-hybridized carbons (Fsp3) is 0.0833. The van der Waals surface area contributed by atoms with Crippen molar-refractivity contribution in [3.8, 4) is 0 Å². The van der Waals surface area contributed by atoms with E-state index < -0.39 is 17.7 Å². The highest BCUT2D eigenvalue weighted by molar-refractivity contribution is 6.51. The molecule has 1 aliphatic heterocycles. The van der Waals surface area contributed by atoms with Crippen molar-refractivity contribution < 1.29 is 14.7 Å². The number of Topliss-reactive ketones (excluding diaryl/α,β-unsaturated/α-hetero) is 1. The maximum Gasteiger partial charge on any atom is 0.300 e. The number of carbonyl (C=O) groups is 2. The second-order valence-electron chi connectivity index (χ2n) is 6.92. The Balaban J connectivity index is 1.94. The molecule has 1 saturated heterocycles. The molecule has 4 rings (SSSR count). The second-order valence-corrected chi connectivity index (χ2v) is 7.36. The number of aryl methyl sites for hydroxylation is 1. The molecule has 1 amide bonds. The summed E-state index contributed by atoms with van der Waals surface area (Å²) >= 11 is 5.94. The van der Waals surface area contributed by atoms with Gasteiger partial charge in [-0.1, -0.05) is 59.6 Å². The van der Waals surface area contributed by atoms with Crippen LogP contribution >= 0.6 is 11.6 Å². The number of rotatable bonds is 3. The molecule has 0 spiro atoms. The number of aliphatic hydroxyl groups is 1. The Bertz CT molecular complexity index is 1100. The van der Waals surface area contributed by atoms with E-state index in [1.165, 1.54) is 4.90 Å². The minimum Gasteiger partial charge on any atom is -0.507 e. The van der Waals surface area contributed by atoms with Gasteiger partial charge in [-0.3, -0.25) is 14.5 Å². The predicted molar refractivity (Wildman–Crippen MR) is 114 cm³/mol. The lowest BCUT2D eigenvalue weighted by Gasteiger charge is -2.25. The Morgan fingerprint density at radius 3 is 2.14 bits per heavy atom. The zero-order valence-electron chi connectivity index (χ0n) is 15.7. The third kappa shape index (κ3) is 3.43. The van der Waals surface area contributed by atoms with Crippen LogP contribution in [0.2, 0.25) is 5.02 Å². The topological polar surface area (TPSA) is 57.6 Å². The molecule has 0 bridgehead atoms. The van der Waals surface area contributed by atoms with Crippen LogP contribution in [-0.2, 0) is 9.59 Å². The van der Waals surface area contributed by atoms with Crippen molar-refractivity contribution >= 4 is 34.7 Å². The maximum absolute atomic E-state index is 13.0. The maximum atomic E-state index is 13.0. The number of halogens is 1. The van der Waals surface area contributed by atoms with Crippen LogP contribution in [0.1, 0.15) is 22.7 Å². The number of benzene rings is 3. The third-order valence-electron chi connectivity index (χ3n) is 4.99. The number of nitrogens with zero attached hydrogens (tertiary/aromatic N) is 1. The minimum absolute atomic E-state index is 0.0602. The molecule has 1 N–H and O–H groups in total. The van der Waals surface area contributed by atoms with Crippen LogP contribution in [0.4, 0.5) is 5.69 Å². The lowest BCUT2D eigenvalue weighted by molar-refractivity contribution is -0.132. The molecule has 3 aromatic rings. The van der Waals surface area contributed by atoms with E-state index in [4.69, 9.17) is 11.6 Å². The Hall–Kier alpha value is -3.37. The van der Waals surface area contributed by atoms with Crippen LogP contribution in [0.25, 0.3) is 5.76 Å². The number of hydrogen-bond acceptors (Lipinski definition) is 3. The fourth-order valence-corrected chi connectivity index (χ4v) is 3.64. The van der Waals surface area contributed by atoms with Crippen LogP contribution in [0, 0.1) is 6.92 Å². The van der Waals surface area contributed by atoms with E-state index in [1.807, 2.05) is 37.3 Å². The number of carbonyl (C=O) groups excluding carboxylic acids is 2. The van der Waals surface area contributed by atoms with Gasteiger partial charge in [0.25, 0.3) is 11.7 Å². The van der Waals surface area contributed by atoms with Gasteiger partial charge < -0.3 is 5.11 Å². The number of hydrogen-bond donors (Lipinski definition) is 1. The van der Waals surface area contributed by atoms with Gasteiger partial charge in [0, 0.05) is 16.3 Å². The van der Waals surface area contributed by atoms with Gasteiger partial charge in [-0.25, -0.2) is 0 Å². The van der Waals surface area contributed by atoms with E-state index in [1.54, 1.807) is 48.5 Å². The van der Waals surface area contributed by atoms with Crippen LogP contribution in [0.15, 0.2) is 84.4 Å². The Morgan fingerprint density at radius 2 is 1.52 bits per heavy atom. The summed E-state index contributed by atoms with van der Waals surface area (Å²) in [5.41, 5.74) is 2.88. The van der Waals surface area contributed by atoms with Crippen LogP contribution in [0.3, 0.4) is 0 Å². The minimum atomic E-state index is -0.728. The first-order valence-electron chi connectivity index (χ1n) is 9.16. The van der Waals surface area contributed by atoms with Crippen molar-refractivity contribution in [1.29, 1.82) is 0 Å². The third-order valence-corrected chi connectivity index (χ3v) is 5.24. The Morgan fingerprint density at radius 1 is 0.897 bits per heavy atom. The molecular weight excluding hydrogens is 386 g/mol. The van der Waals surface area contributed by atoms with Crippen molar-refractivity contribution in [2.45, 2.75) is 13.0 Å². The van der Waals surface area contributed by atoms with E-state index in [-0.39, 0.29) is 11.3 Å². The van der Waals surface area contributed by atoms with E-state index >= 15 is 0 Å². The van der Waals surface area contributed by atoms with E-state index in [0.717, 1.165) is 11.1 Å². The smallest absolute Gasteiger partial charge is 0.300 e. The van der Waals surface area contributed by atoms with Crippen LogP contribution in [-0.4, -0.2) is 16.8 Å². The zero-order valence-corrected chi connectivity index (χ0v) is 16.4. The average molecular weight is 404 g/mol. The van der Waals surface area contributed by atoms with E-state index in [0.29, 0.717) is 16.3 Å². The molecule has 0 radical (unpaired) electrons. The summed E-state index contributed by atoms with van der Waals surface area (Å²) in [6, 6.07) is 22.4. The summed E-state index contributed by atoms with van der Waals surface area (Å²) in [5, 5.41) is 11.5. The number of para-hydroxylation sites is 1. The standard InChI is InChI=1S/C24H18ClNO3/c1-15-7-9-16(10-8-15)21-20(22(27)17-11-13-18(25)14-12-17)23(28)24(29)26(21)19-5-3-2-4-6-19/h2-14,21,27H,1H3. The average Bonchev–Trinajstić information content (AvgIpc) is 3.00. The van der Waals surface area contributed by atoms with Gasteiger partial charge >= 0.3 is 0 Å². The van der Waals surface area contributed by atoms with Crippen LogP contribution in [0.5, 0.6) is 0 Å². The number of amides is 1. The molecule has 1 atom stereocenters. The Labute approximate surface area is 173 Å². The van der Waals surface area contributed by atoms with Crippen molar-refractivity contribution in [3.05, 3.63) is 106 Å². The molecule has 0 aromatic heterocycles. The lowest BCUT2D eigenvalue weighted by Crippen LogP contribution is -2.29. The highest BCUT2D eigenvalue weighted by Crippen LogP contribution is 2.42. The molecule has 1 aliphatic rings. The molecule has 0 saturated carbocycles. The van der Waals surface area contributed by atoms with Crippen molar-refractivity contribution in [2.24, 2.45) is 0 Å². The molecule has 0 aliphatic carbocycles. The molecular formula is C24H18ClNO3. The van der Waals surface area contributed by atoms with Gasteiger partial charge in [0.15, 0.2) is 0 Å². The van der Waals surface area contributed by atoms with Gasteiger partial charge in [-0.15, -0.1) is 0 Å². The molecule has 1 fully saturated rings. The normalized spacial score (nSPS) is 18.3. The van der Waals surface area contributed by atoms with Gasteiger partial charge in [-0.2, -0.15) is 0 Å². The number of anilines is 1. The van der Waals surface area contributed by atoms with Crippen molar-refractivity contribution in [1.82, 2.24) is 0 Å². The van der Waals surface area contributed by atoms with E-state index in [9.17, 15) is 14.7 Å². The number of aliphatic hydroxyl groups excluding tert-OH is 1. The van der Waals surface area contributed by atoms with Gasteiger partial charge in [-0.05, 0) is 48.9 Å². The van der Waals surface area contributed by atoms with Crippen molar-refractivity contribution in [3.63, 3.8) is 0 Å². The summed E-state index contributed by atoms with van der Waals surface area (Å²) in [7, 11) is 0. The summed E-state index contributed by atoms with van der Waals surface area (Å²) in [6.07, 6.45) is 0. The van der Waals surface area contributed by atoms with Gasteiger partial charge in [0.1, 0.15) is 5.76 Å². The monoisotopic (exact) mass is 403 g/mol. The quantitative estimate of drug-likeness (QED) is 0.368. The first-order valence-corrected chi connectivity index (χ1v) is 9.53. The SMILES string of the molecule is Cc1ccc(C2C(=C(O)c3ccc(Cl)cc3)C(=O)C(=O)N2c2ccccc2)cc1. The van der Waals surface area contributed by atoms with Crippen molar-refractivity contribution in [2.75, 3.05) is 4.90 Å². The highest BCUT2D eigenvalue weighted by Gasteiger charge is 2.46. The summed E-state index contributed by atoms with van der Waals surface area (Å²) in [4.78, 5) is 27.4. The van der Waals surface area contributed by atoms with Gasteiger partial charge in [0.05, 0.1) is 11.6 Å². The molecule has 144 valence electrons. The molecule has 5 heteroatoms. The molecule has 1 heterocycles. The number of ketones is 1. The molecule has 1 unspecified atom stereocenters. The van der Waals surface area contributed by atoms with Crippen LogP contribution < -0.4 is 4.90 Å². The summed E-state index contributed by atoms with van der Waals surface area (Å²) in [5.74, 6) is -1.60. The summed E-state index contributed by atoms with van der Waals surface area (Å²) in [6.45, 7) is 1.96. The largest absolute Gasteiger partial charge is 0.507 e. The first kappa shape index (κ1) is 19.0. The van der Waals surface area contributed by atoms with E-state index in [2.05, 4.69) is 0 Å². The molecule has 3 aromatic carbocycles. The first-order chi connectivity index (χ1) is 14.0. The zero-order chi connectivity index (χ0) is 20.5. The molecule has 29 heavy (non-hydrogen) atoms. The lowest BCUT2D eigenvalue weighted by atomic mass is 9.94. The highest BCUT2D eigenvalue weighted by atomic mass is 35.5. The summed E-state index contributed by atoms with van der Waals surface area (Å²) < 4.78 is 0.